The largest absolute Gasteiger partial charge is 0.336 e. The van der Waals surface area contributed by atoms with Gasteiger partial charge < -0.3 is 9.80 Å². The van der Waals surface area contributed by atoms with Crippen molar-refractivity contribution in [2.45, 2.75) is 27.3 Å². The first-order chi connectivity index (χ1) is 16.3. The van der Waals surface area contributed by atoms with Gasteiger partial charge in [0.1, 0.15) is 0 Å². The normalized spacial score (nSPS) is 14.1. The van der Waals surface area contributed by atoms with Crippen molar-refractivity contribution in [2.75, 3.05) is 26.2 Å². The molecule has 0 radical (unpaired) electrons. The second-order valence-corrected chi connectivity index (χ2v) is 9.06. The Bertz CT molecular complexity index is 1220. The maximum atomic E-state index is 12.8. The van der Waals surface area contributed by atoms with Crippen LogP contribution in [0.5, 0.6) is 0 Å². The molecular formula is C27H29ClN4O2. The molecule has 34 heavy (non-hydrogen) atoms. The van der Waals surface area contributed by atoms with E-state index in [2.05, 4.69) is 5.10 Å². The van der Waals surface area contributed by atoms with Crippen molar-refractivity contribution >= 4 is 29.5 Å². The third kappa shape index (κ3) is 5.23. The molecule has 0 aliphatic carbocycles. The Kier molecular flexibility index (Phi) is 7.17. The molecule has 176 valence electrons. The standard InChI is InChI=1S/C27H29ClN4O2/c1-19-8-10-22(11-9-19)27(34)31-16-14-30(15-17-31)26(33)13-12-24-20(2)29-32(21(24)3)18-23-6-4-5-7-25(23)28/h4-13H,14-18H2,1-3H3/b13-12+. The fourth-order valence-corrected chi connectivity index (χ4v) is 4.36. The van der Waals surface area contributed by atoms with Crippen molar-refractivity contribution in [1.82, 2.24) is 19.6 Å². The van der Waals surface area contributed by atoms with Gasteiger partial charge in [0, 0.05) is 54.1 Å². The van der Waals surface area contributed by atoms with Gasteiger partial charge in [0.05, 0.1) is 12.2 Å². The average molecular weight is 477 g/mol. The lowest BCUT2D eigenvalue weighted by Gasteiger charge is -2.34. The number of nitrogens with zero attached hydrogens (tertiary/aromatic N) is 4. The molecule has 0 unspecified atom stereocenters. The van der Waals surface area contributed by atoms with Crippen molar-refractivity contribution in [3.05, 3.63) is 93.3 Å². The SMILES string of the molecule is Cc1ccc(C(=O)N2CCN(C(=O)/C=C/c3c(C)nn(Cc4ccccc4Cl)c3C)CC2)cc1. The molecule has 0 N–H and O–H groups in total. The van der Waals surface area contributed by atoms with E-state index in [1.54, 1.807) is 11.0 Å². The molecule has 1 fully saturated rings. The minimum absolute atomic E-state index is 0.0137. The lowest BCUT2D eigenvalue weighted by atomic mass is 10.1. The van der Waals surface area contributed by atoms with E-state index < -0.39 is 0 Å². The lowest BCUT2D eigenvalue weighted by molar-refractivity contribution is -0.127. The van der Waals surface area contributed by atoms with Gasteiger partial charge in [-0.15, -0.1) is 0 Å². The van der Waals surface area contributed by atoms with Crippen LogP contribution in [-0.4, -0.2) is 57.6 Å². The minimum Gasteiger partial charge on any atom is -0.336 e. The van der Waals surface area contributed by atoms with Gasteiger partial charge in [-0.2, -0.15) is 5.10 Å². The Morgan fingerprint density at radius 1 is 0.941 bits per heavy atom. The fourth-order valence-electron chi connectivity index (χ4n) is 4.16. The van der Waals surface area contributed by atoms with E-state index in [9.17, 15) is 9.59 Å². The van der Waals surface area contributed by atoms with Gasteiger partial charge in [0.2, 0.25) is 5.91 Å². The van der Waals surface area contributed by atoms with Crippen molar-refractivity contribution in [2.24, 2.45) is 0 Å². The summed E-state index contributed by atoms with van der Waals surface area (Å²) >= 11 is 6.30. The summed E-state index contributed by atoms with van der Waals surface area (Å²) in [5.74, 6) is -0.0417. The summed E-state index contributed by atoms with van der Waals surface area (Å²) < 4.78 is 1.91. The third-order valence-electron chi connectivity index (χ3n) is 6.29. The molecule has 3 aromatic rings. The Morgan fingerprint density at radius 3 is 2.26 bits per heavy atom. The van der Waals surface area contributed by atoms with E-state index in [1.165, 1.54) is 0 Å². The molecule has 1 saturated heterocycles. The summed E-state index contributed by atoms with van der Waals surface area (Å²) in [7, 11) is 0. The zero-order chi connectivity index (χ0) is 24.2. The second-order valence-electron chi connectivity index (χ2n) is 8.65. The predicted molar refractivity (Wildman–Crippen MR) is 135 cm³/mol. The van der Waals surface area contributed by atoms with Crippen molar-refractivity contribution in [3.63, 3.8) is 0 Å². The van der Waals surface area contributed by atoms with Crippen LogP contribution >= 0.6 is 11.6 Å². The number of aryl methyl sites for hydroxylation is 2. The molecular weight excluding hydrogens is 448 g/mol. The van der Waals surface area contributed by atoms with E-state index in [0.29, 0.717) is 43.3 Å². The summed E-state index contributed by atoms with van der Waals surface area (Å²) in [6, 6.07) is 15.3. The number of rotatable bonds is 5. The Labute approximate surface area is 205 Å². The summed E-state index contributed by atoms with van der Waals surface area (Å²) in [6.45, 7) is 8.60. The number of halogens is 1. The summed E-state index contributed by atoms with van der Waals surface area (Å²) in [4.78, 5) is 29.1. The van der Waals surface area contributed by atoms with E-state index >= 15 is 0 Å². The highest BCUT2D eigenvalue weighted by molar-refractivity contribution is 6.31. The summed E-state index contributed by atoms with van der Waals surface area (Å²) in [5.41, 5.74) is 5.59. The first-order valence-corrected chi connectivity index (χ1v) is 11.8. The van der Waals surface area contributed by atoms with Crippen LogP contribution < -0.4 is 0 Å². The Morgan fingerprint density at radius 2 is 1.59 bits per heavy atom. The van der Waals surface area contributed by atoms with Crippen LogP contribution in [-0.2, 0) is 11.3 Å². The van der Waals surface area contributed by atoms with E-state index in [-0.39, 0.29) is 11.8 Å². The molecule has 1 aromatic heterocycles. The number of aromatic nitrogens is 2. The zero-order valence-corrected chi connectivity index (χ0v) is 20.5. The number of hydrogen-bond donors (Lipinski definition) is 0. The molecule has 1 aliphatic rings. The van der Waals surface area contributed by atoms with E-state index in [4.69, 9.17) is 11.6 Å². The quantitative estimate of drug-likeness (QED) is 0.509. The zero-order valence-electron chi connectivity index (χ0n) is 19.8. The molecule has 0 atom stereocenters. The highest BCUT2D eigenvalue weighted by Crippen LogP contribution is 2.20. The van der Waals surface area contributed by atoms with E-state index in [1.807, 2.05) is 85.0 Å². The van der Waals surface area contributed by atoms with Gasteiger partial charge >= 0.3 is 0 Å². The number of amides is 2. The molecule has 2 heterocycles. The maximum Gasteiger partial charge on any atom is 0.253 e. The molecule has 0 saturated carbocycles. The van der Waals surface area contributed by atoms with Crippen LogP contribution in [0, 0.1) is 20.8 Å². The first kappa shape index (κ1) is 23.8. The van der Waals surface area contributed by atoms with Crippen LogP contribution in [0.3, 0.4) is 0 Å². The van der Waals surface area contributed by atoms with Crippen LogP contribution in [0.2, 0.25) is 5.02 Å². The molecule has 0 spiro atoms. The number of benzene rings is 2. The van der Waals surface area contributed by atoms with Gasteiger partial charge in [-0.1, -0.05) is 47.5 Å². The summed E-state index contributed by atoms with van der Waals surface area (Å²) in [6.07, 6.45) is 3.45. The molecule has 1 aliphatic heterocycles. The molecule has 7 heteroatoms. The van der Waals surface area contributed by atoms with Crippen LogP contribution in [0.25, 0.3) is 6.08 Å². The minimum atomic E-state index is -0.0555. The fraction of sp³-hybridized carbons (Fsp3) is 0.296. The van der Waals surface area contributed by atoms with Crippen molar-refractivity contribution < 1.29 is 9.59 Å². The lowest BCUT2D eigenvalue weighted by Crippen LogP contribution is -2.50. The van der Waals surface area contributed by atoms with Crippen LogP contribution in [0.1, 0.15) is 38.4 Å². The molecule has 2 amide bonds. The molecule has 4 rings (SSSR count). The highest BCUT2D eigenvalue weighted by atomic mass is 35.5. The first-order valence-electron chi connectivity index (χ1n) is 11.4. The number of piperazine rings is 1. The number of carbonyl (C=O) groups excluding carboxylic acids is 2. The van der Waals surface area contributed by atoms with E-state index in [0.717, 1.165) is 28.1 Å². The second kappa shape index (κ2) is 10.3. The highest BCUT2D eigenvalue weighted by Gasteiger charge is 2.24. The third-order valence-corrected chi connectivity index (χ3v) is 6.65. The Balaban J connectivity index is 1.37. The van der Waals surface area contributed by atoms with Gasteiger partial charge in [0.15, 0.2) is 0 Å². The van der Waals surface area contributed by atoms with Crippen LogP contribution in [0.4, 0.5) is 0 Å². The molecule has 2 aromatic carbocycles. The average Bonchev–Trinajstić information content (AvgIpc) is 3.11. The van der Waals surface area contributed by atoms with Gasteiger partial charge in [0.25, 0.3) is 5.91 Å². The number of carbonyl (C=O) groups is 2. The molecule has 0 bridgehead atoms. The van der Waals surface area contributed by atoms with Gasteiger partial charge in [-0.3, -0.25) is 14.3 Å². The van der Waals surface area contributed by atoms with Crippen molar-refractivity contribution in [3.8, 4) is 0 Å². The smallest absolute Gasteiger partial charge is 0.253 e. The topological polar surface area (TPSA) is 58.4 Å². The monoisotopic (exact) mass is 476 g/mol. The molecule has 6 nitrogen and oxygen atoms in total. The Hall–Kier alpha value is -3.38. The van der Waals surface area contributed by atoms with Gasteiger partial charge in [-0.25, -0.2) is 0 Å². The predicted octanol–water partition coefficient (Wildman–Crippen LogP) is 4.51. The summed E-state index contributed by atoms with van der Waals surface area (Å²) in [5, 5.41) is 5.35. The van der Waals surface area contributed by atoms with Crippen LogP contribution in [0.15, 0.2) is 54.6 Å². The maximum absolute atomic E-state index is 12.8. The number of hydrogen-bond acceptors (Lipinski definition) is 3. The van der Waals surface area contributed by atoms with Crippen molar-refractivity contribution in [1.29, 1.82) is 0 Å². The van der Waals surface area contributed by atoms with Gasteiger partial charge in [-0.05, 0) is 50.6 Å².